The molecule has 3 rings (SSSR count). The van der Waals surface area contributed by atoms with E-state index >= 15 is 0 Å². The monoisotopic (exact) mass is 474 g/mol. The Balaban J connectivity index is 1.63. The Morgan fingerprint density at radius 1 is 1.06 bits per heavy atom. The maximum Gasteiger partial charge on any atom is 0.130 e. The molecule has 0 radical (unpaired) electrons. The van der Waals surface area contributed by atoms with Gasteiger partial charge in [-0.05, 0) is 100 Å². The Morgan fingerprint density at radius 2 is 1.74 bits per heavy atom. The summed E-state index contributed by atoms with van der Waals surface area (Å²) in [7, 11) is 2.06. The van der Waals surface area contributed by atoms with Gasteiger partial charge in [-0.15, -0.1) is 0 Å². The van der Waals surface area contributed by atoms with Gasteiger partial charge < -0.3 is 15.1 Å². The van der Waals surface area contributed by atoms with Crippen LogP contribution in [0.1, 0.15) is 71.8 Å². The van der Waals surface area contributed by atoms with E-state index in [9.17, 15) is 0 Å². The zero-order valence-electron chi connectivity index (χ0n) is 22.7. The summed E-state index contributed by atoms with van der Waals surface area (Å²) in [6, 6.07) is 8.69. The normalized spacial score (nSPS) is 18.6. The number of pyridine rings is 1. The highest BCUT2D eigenvalue weighted by molar-refractivity contribution is 5.87. The van der Waals surface area contributed by atoms with E-state index < -0.39 is 0 Å². The Bertz CT molecular complexity index is 1020. The van der Waals surface area contributed by atoms with Gasteiger partial charge in [-0.25, -0.2) is 4.98 Å². The number of nitrogens with zero attached hydrogens (tertiary/aromatic N) is 3. The lowest BCUT2D eigenvalue weighted by Crippen LogP contribution is -2.33. The molecule has 4 heteroatoms. The highest BCUT2D eigenvalue weighted by Gasteiger charge is 2.24. The van der Waals surface area contributed by atoms with Crippen molar-refractivity contribution >= 4 is 22.3 Å². The maximum absolute atomic E-state index is 4.68. The smallest absolute Gasteiger partial charge is 0.130 e. The van der Waals surface area contributed by atoms with Gasteiger partial charge in [-0.3, -0.25) is 0 Å². The van der Waals surface area contributed by atoms with Gasteiger partial charge >= 0.3 is 0 Å². The van der Waals surface area contributed by atoms with Crippen LogP contribution in [0.3, 0.4) is 0 Å². The minimum absolute atomic E-state index is 0.528. The second kappa shape index (κ2) is 12.9. The molecular weight excluding hydrogens is 428 g/mol. The lowest BCUT2D eigenvalue weighted by molar-refractivity contribution is 0.188. The van der Waals surface area contributed by atoms with Crippen molar-refractivity contribution in [1.29, 1.82) is 0 Å². The molecule has 4 nitrogen and oxygen atoms in total. The molecule has 35 heavy (non-hydrogen) atoms. The summed E-state index contributed by atoms with van der Waals surface area (Å²) in [5, 5.41) is 5.87. The summed E-state index contributed by atoms with van der Waals surface area (Å²) >= 11 is 0. The molecule has 190 valence electrons. The van der Waals surface area contributed by atoms with Crippen molar-refractivity contribution in [3.63, 3.8) is 0 Å². The quantitative estimate of drug-likeness (QED) is 0.338. The largest absolute Gasteiger partial charge is 0.349 e. The molecule has 1 aromatic carbocycles. The number of nitrogens with one attached hydrogen (secondary N) is 1. The molecule has 0 bridgehead atoms. The van der Waals surface area contributed by atoms with E-state index in [2.05, 4.69) is 91.4 Å². The molecule has 0 amide bonds. The van der Waals surface area contributed by atoms with Crippen molar-refractivity contribution in [2.75, 3.05) is 32.0 Å². The topological polar surface area (TPSA) is 31.4 Å². The molecule has 1 saturated carbocycles. The molecule has 0 unspecified atom stereocenters. The Morgan fingerprint density at radius 3 is 2.34 bits per heavy atom. The first-order chi connectivity index (χ1) is 16.9. The maximum atomic E-state index is 4.68. The first kappa shape index (κ1) is 27.0. The summed E-state index contributed by atoms with van der Waals surface area (Å²) in [6.07, 6.45) is 11.6. The summed E-state index contributed by atoms with van der Waals surface area (Å²) in [5.74, 6) is 2.24. The Hall–Kier alpha value is -2.59. The minimum Gasteiger partial charge on any atom is -0.349 e. The van der Waals surface area contributed by atoms with E-state index in [1.165, 1.54) is 69.1 Å². The zero-order chi connectivity index (χ0) is 25.4. The number of aromatic nitrogens is 1. The van der Waals surface area contributed by atoms with Crippen LogP contribution in [0.15, 0.2) is 61.1 Å². The molecular formula is C31H46N4. The average molecular weight is 475 g/mol. The van der Waals surface area contributed by atoms with Crippen molar-refractivity contribution < 1.29 is 0 Å². The number of anilines is 1. The number of hydrogen-bond acceptors (Lipinski definition) is 4. The van der Waals surface area contributed by atoms with Gasteiger partial charge in [0.2, 0.25) is 0 Å². The lowest BCUT2D eigenvalue weighted by atomic mass is 9.80. The van der Waals surface area contributed by atoms with Crippen LogP contribution in [0.5, 0.6) is 0 Å². The molecule has 2 aromatic rings. The van der Waals surface area contributed by atoms with Gasteiger partial charge in [-0.2, -0.15) is 0 Å². The summed E-state index contributed by atoms with van der Waals surface area (Å²) in [5.41, 5.74) is 4.47. The van der Waals surface area contributed by atoms with Gasteiger partial charge in [0.25, 0.3) is 0 Å². The third-order valence-electron chi connectivity index (χ3n) is 7.45. The fourth-order valence-electron chi connectivity index (χ4n) is 5.38. The van der Waals surface area contributed by atoms with Crippen molar-refractivity contribution in [2.45, 2.75) is 66.2 Å². The zero-order valence-corrected chi connectivity index (χ0v) is 22.7. The van der Waals surface area contributed by atoms with Crippen molar-refractivity contribution in [3.05, 3.63) is 66.7 Å². The number of fused-ring (bicyclic) bond motifs is 1. The van der Waals surface area contributed by atoms with Gasteiger partial charge in [0.05, 0.1) is 0 Å². The van der Waals surface area contributed by atoms with Crippen molar-refractivity contribution in [2.24, 2.45) is 11.8 Å². The van der Waals surface area contributed by atoms with Crippen LogP contribution in [0.4, 0.5) is 5.82 Å². The first-order valence-corrected chi connectivity index (χ1v) is 13.5. The molecule has 0 saturated heterocycles. The molecule has 1 aromatic heterocycles. The summed E-state index contributed by atoms with van der Waals surface area (Å²) < 4.78 is 0. The van der Waals surface area contributed by atoms with E-state index in [0.717, 1.165) is 34.2 Å². The average Bonchev–Trinajstić information content (AvgIpc) is 2.85. The first-order valence-electron chi connectivity index (χ1n) is 13.5. The standard InChI is InChI=1S/C31H46N4/c1-8-17-35(18-9-2)22-25-11-13-26(14-12-25)24(6)33-31-20-29-19-27(15-16-28(29)21-32-31)30(10-3)34(7)23(4)5/h10,15-16,19-21,25-26H,4,6,8-9,11-14,17-18,22H2,1-3,5,7H3,(H,32,33)/b30-10-. The molecule has 0 atom stereocenters. The fraction of sp³-hybridized carbons (Fsp3) is 0.516. The summed E-state index contributed by atoms with van der Waals surface area (Å²) in [4.78, 5) is 9.47. The van der Waals surface area contributed by atoms with Crippen LogP contribution < -0.4 is 5.32 Å². The van der Waals surface area contributed by atoms with Crippen LogP contribution in [-0.4, -0.2) is 41.5 Å². The van der Waals surface area contributed by atoms with E-state index in [1.807, 2.05) is 13.1 Å². The van der Waals surface area contributed by atoms with Crippen molar-refractivity contribution in [1.82, 2.24) is 14.8 Å². The predicted octanol–water partition coefficient (Wildman–Crippen LogP) is 7.92. The Labute approximate surface area is 213 Å². The highest BCUT2D eigenvalue weighted by Crippen LogP contribution is 2.34. The third-order valence-corrected chi connectivity index (χ3v) is 7.45. The summed E-state index contributed by atoms with van der Waals surface area (Å²) in [6.45, 7) is 20.9. The lowest BCUT2D eigenvalue weighted by Gasteiger charge is -2.33. The number of benzene rings is 1. The van der Waals surface area contributed by atoms with Crippen LogP contribution in [0.25, 0.3) is 16.5 Å². The number of hydrogen-bond donors (Lipinski definition) is 1. The van der Waals surface area contributed by atoms with Gasteiger partial charge in [0.15, 0.2) is 0 Å². The minimum atomic E-state index is 0.528. The molecule has 1 fully saturated rings. The molecule has 1 N–H and O–H groups in total. The molecule has 1 aliphatic carbocycles. The fourth-order valence-corrected chi connectivity index (χ4v) is 5.38. The molecule has 1 aliphatic rings. The second-order valence-electron chi connectivity index (χ2n) is 10.3. The van der Waals surface area contributed by atoms with Gasteiger partial charge in [0, 0.05) is 42.3 Å². The van der Waals surface area contributed by atoms with Crippen LogP contribution >= 0.6 is 0 Å². The van der Waals surface area contributed by atoms with Gasteiger partial charge in [0.1, 0.15) is 5.82 Å². The van der Waals surface area contributed by atoms with Crippen LogP contribution in [0.2, 0.25) is 0 Å². The number of rotatable bonds is 12. The molecule has 0 spiro atoms. The predicted molar refractivity (Wildman–Crippen MR) is 153 cm³/mol. The van der Waals surface area contributed by atoms with Gasteiger partial charge in [-0.1, -0.05) is 45.2 Å². The molecule has 0 aliphatic heterocycles. The number of allylic oxidation sites excluding steroid dienone is 3. The van der Waals surface area contributed by atoms with E-state index in [4.69, 9.17) is 0 Å². The van der Waals surface area contributed by atoms with Crippen LogP contribution in [-0.2, 0) is 0 Å². The third kappa shape index (κ3) is 7.20. The van der Waals surface area contributed by atoms with E-state index in [0.29, 0.717) is 5.92 Å². The molecule has 1 heterocycles. The van der Waals surface area contributed by atoms with E-state index in [-0.39, 0.29) is 0 Å². The van der Waals surface area contributed by atoms with E-state index in [1.54, 1.807) is 0 Å². The highest BCUT2D eigenvalue weighted by atomic mass is 15.1. The second-order valence-corrected chi connectivity index (χ2v) is 10.3. The van der Waals surface area contributed by atoms with Crippen molar-refractivity contribution in [3.8, 4) is 0 Å². The van der Waals surface area contributed by atoms with Crippen LogP contribution in [0, 0.1) is 11.8 Å². The Kier molecular flexibility index (Phi) is 9.97. The SMILES string of the molecule is C=C(Nc1cc2cc(/C(=C/C)N(C)C(=C)C)ccc2cn1)C1CCC(CN(CCC)CCC)CC1.